The highest BCUT2D eigenvalue weighted by Crippen LogP contribution is 2.30. The topological polar surface area (TPSA) is 70.9 Å². The lowest BCUT2D eigenvalue weighted by Gasteiger charge is -2.36. The molecule has 0 radical (unpaired) electrons. The Labute approximate surface area is 214 Å². The van der Waals surface area contributed by atoms with Gasteiger partial charge in [0.2, 0.25) is 5.91 Å². The van der Waals surface area contributed by atoms with Crippen molar-refractivity contribution >= 4 is 17.7 Å². The highest BCUT2D eigenvalue weighted by atomic mass is 19.1. The molecule has 2 heterocycles. The lowest BCUT2D eigenvalue weighted by Crippen LogP contribution is -2.47. The van der Waals surface area contributed by atoms with E-state index in [1.807, 2.05) is 22.6 Å². The van der Waals surface area contributed by atoms with E-state index in [0.29, 0.717) is 25.4 Å². The molecule has 1 fully saturated rings. The number of carbonyl (C=O) groups excluding carboxylic acids is 2. The summed E-state index contributed by atoms with van der Waals surface area (Å²) in [7, 11) is 0. The first kappa shape index (κ1) is 27.6. The minimum Gasteiger partial charge on any atom is -0.466 e. The van der Waals surface area contributed by atoms with E-state index in [4.69, 9.17) is 9.84 Å². The van der Waals surface area contributed by atoms with Crippen LogP contribution in [0.5, 0.6) is 0 Å². The number of rotatable bonds is 11. The van der Waals surface area contributed by atoms with E-state index in [2.05, 4.69) is 30.6 Å². The number of esters is 1. The van der Waals surface area contributed by atoms with E-state index in [1.54, 1.807) is 13.0 Å². The molecule has 0 bridgehead atoms. The van der Waals surface area contributed by atoms with Gasteiger partial charge in [0.05, 0.1) is 31.0 Å². The van der Waals surface area contributed by atoms with Crippen LogP contribution in [0.2, 0.25) is 0 Å². The van der Waals surface area contributed by atoms with Crippen LogP contribution in [0.1, 0.15) is 51.8 Å². The monoisotopic (exact) mass is 501 g/mol. The van der Waals surface area contributed by atoms with Crippen molar-refractivity contribution < 1.29 is 18.7 Å². The van der Waals surface area contributed by atoms with Crippen LogP contribution >= 0.6 is 0 Å². The lowest BCUT2D eigenvalue weighted by molar-refractivity contribution is -0.145. The number of amides is 1. The number of aromatic nitrogens is 2. The number of likely N-dealkylation sites (N-methyl/N-ethyl adjacent to an activating group) is 1. The molecule has 0 spiro atoms. The number of nitrogens with zero attached hydrogens (tertiary/aromatic N) is 5. The molecule has 1 saturated heterocycles. The van der Waals surface area contributed by atoms with Gasteiger partial charge in [0.15, 0.2) is 0 Å². The Balaban J connectivity index is 1.95. The Bertz CT molecular complexity index is 1030. The fourth-order valence-corrected chi connectivity index (χ4v) is 4.61. The second kappa shape index (κ2) is 12.9. The number of hydrogen-bond acceptors (Lipinski definition) is 6. The van der Waals surface area contributed by atoms with Crippen molar-refractivity contribution in [1.29, 1.82) is 0 Å². The highest BCUT2D eigenvalue weighted by molar-refractivity contribution is 5.81. The van der Waals surface area contributed by atoms with Crippen LogP contribution in [-0.4, -0.2) is 77.3 Å². The van der Waals surface area contributed by atoms with E-state index >= 15 is 0 Å². The number of hydrogen-bond donors (Lipinski definition) is 0. The summed E-state index contributed by atoms with van der Waals surface area (Å²) in [6, 6.07) is 6.44. The Morgan fingerprint density at radius 2 is 1.86 bits per heavy atom. The predicted octanol–water partition coefficient (Wildman–Crippen LogP) is 3.79. The van der Waals surface area contributed by atoms with E-state index < -0.39 is 0 Å². The standard InChI is InChI=1S/C27H40FN5O3/c1-6-30-13-15-31(16-14-30)27-24(21(5)29-33(27)23-10-8-9-22(28)17-23)19-32(18-20(3)4)25(34)11-12-26(35)36-7-2/h8-10,17,20H,6-7,11-16,18-19H2,1-5H3. The third kappa shape index (κ3) is 7.06. The molecule has 0 N–H and O–H groups in total. The molecule has 36 heavy (non-hydrogen) atoms. The van der Waals surface area contributed by atoms with Crippen LogP contribution in [0.3, 0.4) is 0 Å². The number of aryl methyl sites for hydroxylation is 1. The second-order valence-electron chi connectivity index (χ2n) is 9.67. The van der Waals surface area contributed by atoms with Crippen molar-refractivity contribution in [2.24, 2.45) is 5.92 Å². The van der Waals surface area contributed by atoms with Gasteiger partial charge in [-0.15, -0.1) is 0 Å². The molecule has 8 nitrogen and oxygen atoms in total. The van der Waals surface area contributed by atoms with Gasteiger partial charge in [-0.05, 0) is 44.5 Å². The van der Waals surface area contributed by atoms with Crippen LogP contribution in [0.15, 0.2) is 24.3 Å². The maximum Gasteiger partial charge on any atom is 0.306 e. The van der Waals surface area contributed by atoms with Gasteiger partial charge in [-0.2, -0.15) is 5.10 Å². The van der Waals surface area contributed by atoms with Crippen LogP contribution in [0.25, 0.3) is 5.69 Å². The summed E-state index contributed by atoms with van der Waals surface area (Å²) >= 11 is 0. The zero-order chi connectivity index (χ0) is 26.2. The lowest BCUT2D eigenvalue weighted by atomic mass is 10.1. The molecular weight excluding hydrogens is 461 g/mol. The van der Waals surface area contributed by atoms with Crippen molar-refractivity contribution in [3.05, 3.63) is 41.3 Å². The first-order valence-corrected chi connectivity index (χ1v) is 13.0. The van der Waals surface area contributed by atoms with Crippen molar-refractivity contribution in [3.63, 3.8) is 0 Å². The van der Waals surface area contributed by atoms with E-state index in [-0.39, 0.29) is 36.5 Å². The molecule has 1 amide bonds. The summed E-state index contributed by atoms with van der Waals surface area (Å²) in [6.45, 7) is 15.7. The van der Waals surface area contributed by atoms with Crippen molar-refractivity contribution in [2.75, 3.05) is 50.8 Å². The molecule has 0 saturated carbocycles. The zero-order valence-corrected chi connectivity index (χ0v) is 22.3. The van der Waals surface area contributed by atoms with Gasteiger partial charge in [0.1, 0.15) is 11.6 Å². The number of ether oxygens (including phenoxy) is 1. The Morgan fingerprint density at radius 3 is 2.47 bits per heavy atom. The van der Waals surface area contributed by atoms with Crippen LogP contribution in [0.4, 0.5) is 10.2 Å². The summed E-state index contributed by atoms with van der Waals surface area (Å²) in [6.07, 6.45) is 0.168. The third-order valence-corrected chi connectivity index (χ3v) is 6.46. The van der Waals surface area contributed by atoms with Gasteiger partial charge >= 0.3 is 5.97 Å². The molecule has 0 unspecified atom stereocenters. The molecule has 3 rings (SSSR count). The van der Waals surface area contributed by atoms with Gasteiger partial charge in [-0.25, -0.2) is 9.07 Å². The summed E-state index contributed by atoms with van der Waals surface area (Å²) in [5.74, 6) is 0.392. The summed E-state index contributed by atoms with van der Waals surface area (Å²) < 4.78 is 21.0. The van der Waals surface area contributed by atoms with Gasteiger partial charge in [-0.1, -0.05) is 26.8 Å². The Kier molecular flexibility index (Phi) is 9.87. The molecule has 1 aliphatic rings. The maximum absolute atomic E-state index is 14.1. The van der Waals surface area contributed by atoms with Gasteiger partial charge in [-0.3, -0.25) is 9.59 Å². The van der Waals surface area contributed by atoms with Crippen LogP contribution < -0.4 is 4.90 Å². The zero-order valence-electron chi connectivity index (χ0n) is 22.3. The second-order valence-corrected chi connectivity index (χ2v) is 9.67. The molecule has 2 aromatic rings. The van der Waals surface area contributed by atoms with E-state index in [9.17, 15) is 14.0 Å². The average Bonchev–Trinajstić information content (AvgIpc) is 3.18. The Hall–Kier alpha value is -2.94. The van der Waals surface area contributed by atoms with Crippen molar-refractivity contribution in [1.82, 2.24) is 19.6 Å². The van der Waals surface area contributed by atoms with Gasteiger partial charge in [0, 0.05) is 44.7 Å². The molecule has 1 aliphatic heterocycles. The summed E-state index contributed by atoms with van der Waals surface area (Å²) in [5.41, 5.74) is 2.41. The summed E-state index contributed by atoms with van der Waals surface area (Å²) in [5, 5.41) is 4.81. The minimum absolute atomic E-state index is 0.0641. The fourth-order valence-electron chi connectivity index (χ4n) is 4.61. The number of benzene rings is 1. The number of carbonyl (C=O) groups is 2. The molecule has 1 aromatic carbocycles. The molecule has 0 atom stereocenters. The summed E-state index contributed by atoms with van der Waals surface area (Å²) in [4.78, 5) is 31.6. The maximum atomic E-state index is 14.1. The van der Waals surface area contributed by atoms with Gasteiger partial charge < -0.3 is 19.4 Å². The van der Waals surface area contributed by atoms with E-state index in [1.165, 1.54) is 12.1 Å². The average molecular weight is 502 g/mol. The normalized spacial score (nSPS) is 14.4. The first-order valence-electron chi connectivity index (χ1n) is 13.0. The molecule has 1 aromatic heterocycles. The quantitative estimate of drug-likeness (QED) is 0.437. The smallest absolute Gasteiger partial charge is 0.306 e. The van der Waals surface area contributed by atoms with Crippen LogP contribution in [0, 0.1) is 18.7 Å². The molecule has 0 aliphatic carbocycles. The largest absolute Gasteiger partial charge is 0.466 e. The van der Waals surface area contributed by atoms with Crippen molar-refractivity contribution in [2.45, 2.75) is 54.0 Å². The SMILES string of the molecule is CCOC(=O)CCC(=O)N(Cc1c(C)nn(-c2cccc(F)c2)c1N1CCN(CC)CC1)CC(C)C. The van der Waals surface area contributed by atoms with Crippen molar-refractivity contribution in [3.8, 4) is 5.69 Å². The van der Waals surface area contributed by atoms with E-state index in [0.717, 1.165) is 49.8 Å². The predicted molar refractivity (Wildman–Crippen MR) is 139 cm³/mol. The first-order chi connectivity index (χ1) is 17.2. The highest BCUT2D eigenvalue weighted by Gasteiger charge is 2.28. The van der Waals surface area contributed by atoms with Crippen LogP contribution in [-0.2, 0) is 20.9 Å². The number of halogens is 1. The fraction of sp³-hybridized carbons (Fsp3) is 0.593. The molecule has 198 valence electrons. The third-order valence-electron chi connectivity index (χ3n) is 6.46. The van der Waals surface area contributed by atoms with Gasteiger partial charge in [0.25, 0.3) is 0 Å². The molecule has 9 heteroatoms. The number of piperazine rings is 1. The Morgan fingerprint density at radius 1 is 1.14 bits per heavy atom. The number of anilines is 1. The minimum atomic E-state index is -0.361. The molecular formula is C27H40FN5O3.